The normalized spacial score (nSPS) is 17.3. The lowest BCUT2D eigenvalue weighted by Crippen LogP contribution is -2.27. The molecule has 5 heterocycles. The van der Waals surface area contributed by atoms with Crippen LogP contribution >= 0.6 is 23.2 Å². The number of aryl methyl sites for hydroxylation is 1. The number of nitrogens with one attached hydrogen (secondary N) is 1. The van der Waals surface area contributed by atoms with Crippen LogP contribution < -0.4 is 10.9 Å². The molecule has 0 aliphatic carbocycles. The number of halogens is 2. The first-order chi connectivity index (χ1) is 19.8. The summed E-state index contributed by atoms with van der Waals surface area (Å²) in [5.41, 5.74) is 4.33. The summed E-state index contributed by atoms with van der Waals surface area (Å²) in [6.07, 6.45) is 8.38. The second-order valence-corrected chi connectivity index (χ2v) is 10.8. The van der Waals surface area contributed by atoms with Crippen LogP contribution in [0, 0.1) is 5.92 Å². The van der Waals surface area contributed by atoms with Gasteiger partial charge in [0.1, 0.15) is 0 Å². The van der Waals surface area contributed by atoms with Gasteiger partial charge in [0.15, 0.2) is 5.15 Å². The average molecular weight is 590 g/mol. The zero-order valence-electron chi connectivity index (χ0n) is 22.2. The zero-order valence-corrected chi connectivity index (χ0v) is 23.7. The molecule has 0 spiro atoms. The van der Waals surface area contributed by atoms with Crippen molar-refractivity contribution < 1.29 is 4.79 Å². The average Bonchev–Trinajstić information content (AvgIpc) is 3.55. The topological polar surface area (TPSA) is 125 Å². The largest absolute Gasteiger partial charge is 0.323 e. The number of pyridine rings is 1. The molecule has 13 heteroatoms. The smallest absolute Gasteiger partial charge is 0.254 e. The number of carbonyl (C=O) groups is 1. The van der Waals surface area contributed by atoms with E-state index in [1.165, 1.54) is 17.1 Å². The molecule has 1 amide bonds. The highest BCUT2D eigenvalue weighted by atomic mass is 35.5. The van der Waals surface area contributed by atoms with Crippen molar-refractivity contribution in [3.05, 3.63) is 87.5 Å². The number of hydrogen-bond acceptors (Lipinski definition) is 7. The molecule has 2 atom stereocenters. The second kappa shape index (κ2) is 10.9. The summed E-state index contributed by atoms with van der Waals surface area (Å²) in [6, 6.07) is 10.1. The Bertz CT molecular complexity index is 1830. The van der Waals surface area contributed by atoms with Crippen LogP contribution in [0.5, 0.6) is 0 Å². The SMILES string of the molecule is CC1CCCC(n2cnc(-c3cc(Cl)ccc3-n3cc(Cl)nn3)cc2=O)c2cc(ccn2)-c2c(cnn2C)NC1=O. The lowest BCUT2D eigenvalue weighted by molar-refractivity contribution is -0.119. The van der Waals surface area contributed by atoms with Crippen LogP contribution in [0.25, 0.3) is 28.2 Å². The Morgan fingerprint density at radius 2 is 1.90 bits per heavy atom. The molecule has 5 aromatic rings. The van der Waals surface area contributed by atoms with Crippen molar-refractivity contribution in [2.45, 2.75) is 32.2 Å². The van der Waals surface area contributed by atoms with Crippen molar-refractivity contribution in [2.75, 3.05) is 5.32 Å². The Labute approximate surface area is 244 Å². The first-order valence-corrected chi connectivity index (χ1v) is 13.8. The summed E-state index contributed by atoms with van der Waals surface area (Å²) in [6.45, 7) is 1.90. The molecule has 4 aromatic heterocycles. The molecule has 0 fully saturated rings. The van der Waals surface area contributed by atoms with Crippen molar-refractivity contribution in [1.29, 1.82) is 0 Å². The minimum Gasteiger partial charge on any atom is -0.323 e. The van der Waals surface area contributed by atoms with Gasteiger partial charge in [0.25, 0.3) is 5.56 Å². The summed E-state index contributed by atoms with van der Waals surface area (Å²) in [7, 11) is 1.82. The Kier molecular flexibility index (Phi) is 7.14. The lowest BCUT2D eigenvalue weighted by Gasteiger charge is -2.22. The van der Waals surface area contributed by atoms with Crippen molar-refractivity contribution in [1.82, 2.24) is 39.3 Å². The van der Waals surface area contributed by atoms with E-state index >= 15 is 0 Å². The highest BCUT2D eigenvalue weighted by molar-refractivity contribution is 6.31. The van der Waals surface area contributed by atoms with Gasteiger partial charge in [0.2, 0.25) is 5.91 Å². The Morgan fingerprint density at radius 3 is 2.68 bits per heavy atom. The molecule has 0 saturated carbocycles. The quantitative estimate of drug-likeness (QED) is 0.316. The molecule has 0 saturated heterocycles. The maximum atomic E-state index is 13.7. The maximum Gasteiger partial charge on any atom is 0.254 e. The van der Waals surface area contributed by atoms with Crippen molar-refractivity contribution in [2.24, 2.45) is 13.0 Å². The summed E-state index contributed by atoms with van der Waals surface area (Å²) >= 11 is 12.3. The maximum absolute atomic E-state index is 13.7. The number of rotatable bonds is 3. The predicted octanol–water partition coefficient (Wildman–Crippen LogP) is 4.94. The first kappa shape index (κ1) is 26.9. The van der Waals surface area contributed by atoms with E-state index in [1.807, 2.05) is 26.1 Å². The van der Waals surface area contributed by atoms with Gasteiger partial charge in [-0.2, -0.15) is 5.10 Å². The number of amides is 1. The van der Waals surface area contributed by atoms with E-state index < -0.39 is 6.04 Å². The molecule has 2 bridgehead atoms. The Balaban J connectivity index is 1.44. The summed E-state index contributed by atoms with van der Waals surface area (Å²) in [4.78, 5) is 35.9. The van der Waals surface area contributed by atoms with E-state index in [4.69, 9.17) is 23.2 Å². The number of hydrogen-bond donors (Lipinski definition) is 1. The third-order valence-corrected chi connectivity index (χ3v) is 7.68. The van der Waals surface area contributed by atoms with E-state index in [0.29, 0.717) is 52.6 Å². The molecule has 6 rings (SSSR count). The molecule has 0 radical (unpaired) electrons. The summed E-state index contributed by atoms with van der Waals surface area (Å²) < 4.78 is 4.81. The zero-order chi connectivity index (χ0) is 28.7. The number of carbonyl (C=O) groups excluding carboxylic acids is 1. The summed E-state index contributed by atoms with van der Waals surface area (Å²) in [5, 5.41) is 16.0. The molecule has 208 valence electrons. The van der Waals surface area contributed by atoms with Crippen LogP contribution in [-0.4, -0.2) is 45.2 Å². The minimum atomic E-state index is -0.400. The van der Waals surface area contributed by atoms with E-state index in [2.05, 4.69) is 30.7 Å². The van der Waals surface area contributed by atoms with Crippen LogP contribution in [0.15, 0.2) is 66.1 Å². The Hall–Kier alpha value is -4.35. The van der Waals surface area contributed by atoms with Crippen LogP contribution in [0.2, 0.25) is 10.2 Å². The number of fused-ring (bicyclic) bond motifs is 4. The Morgan fingerprint density at radius 1 is 1.05 bits per heavy atom. The molecule has 41 heavy (non-hydrogen) atoms. The van der Waals surface area contributed by atoms with Crippen LogP contribution in [0.3, 0.4) is 0 Å². The van der Waals surface area contributed by atoms with Crippen LogP contribution in [0.4, 0.5) is 5.69 Å². The predicted molar refractivity (Wildman–Crippen MR) is 155 cm³/mol. The molecule has 1 N–H and O–H groups in total. The standard InChI is InChI=1S/C28H25Cl2N9O2/c1-16-4-3-5-24(21-10-17(8-9-31-21)27-22(34-28(16)41)13-33-37(27)2)38-15-32-20(12-26(38)40)19-11-18(29)6-7-23(19)39-14-25(30)35-36-39/h6-16,24H,3-5H2,1-2H3,(H,34,41). The molecular weight excluding hydrogens is 565 g/mol. The van der Waals surface area contributed by atoms with Crippen molar-refractivity contribution in [3.63, 3.8) is 0 Å². The summed E-state index contributed by atoms with van der Waals surface area (Å²) in [5.74, 6) is -0.293. The van der Waals surface area contributed by atoms with Crippen LogP contribution in [-0.2, 0) is 11.8 Å². The van der Waals surface area contributed by atoms with Gasteiger partial charge < -0.3 is 5.32 Å². The van der Waals surface area contributed by atoms with Gasteiger partial charge in [-0.05, 0) is 43.2 Å². The van der Waals surface area contributed by atoms with Gasteiger partial charge in [-0.15, -0.1) is 5.10 Å². The minimum absolute atomic E-state index is 0.0696. The molecule has 2 unspecified atom stereocenters. The van der Waals surface area contributed by atoms with E-state index in [1.54, 1.807) is 46.0 Å². The van der Waals surface area contributed by atoms with Gasteiger partial charge in [0.05, 0.1) is 53.2 Å². The van der Waals surface area contributed by atoms with Gasteiger partial charge >= 0.3 is 0 Å². The van der Waals surface area contributed by atoms with Gasteiger partial charge in [-0.1, -0.05) is 41.8 Å². The number of benzene rings is 1. The molecule has 11 nitrogen and oxygen atoms in total. The lowest BCUT2D eigenvalue weighted by atomic mass is 9.97. The monoisotopic (exact) mass is 589 g/mol. The van der Waals surface area contributed by atoms with Gasteiger partial charge in [0, 0.05) is 41.4 Å². The van der Waals surface area contributed by atoms with Crippen LogP contribution in [0.1, 0.15) is 37.9 Å². The highest BCUT2D eigenvalue weighted by Gasteiger charge is 2.24. The van der Waals surface area contributed by atoms with E-state index in [-0.39, 0.29) is 22.5 Å². The fraction of sp³-hybridized carbons (Fsp3) is 0.250. The number of aromatic nitrogens is 8. The first-order valence-electron chi connectivity index (χ1n) is 13.0. The molecule has 1 aliphatic heterocycles. The highest BCUT2D eigenvalue weighted by Crippen LogP contribution is 2.33. The third-order valence-electron chi connectivity index (χ3n) is 7.27. The van der Waals surface area contributed by atoms with E-state index in [0.717, 1.165) is 11.3 Å². The fourth-order valence-corrected chi connectivity index (χ4v) is 5.45. The van der Waals surface area contributed by atoms with Gasteiger partial charge in [-0.25, -0.2) is 9.67 Å². The van der Waals surface area contributed by atoms with E-state index in [9.17, 15) is 9.59 Å². The number of anilines is 1. The van der Waals surface area contributed by atoms with Gasteiger partial charge in [-0.3, -0.25) is 23.8 Å². The third kappa shape index (κ3) is 5.25. The molecular formula is C28H25Cl2N9O2. The molecule has 1 aliphatic rings. The second-order valence-electron chi connectivity index (χ2n) is 10.0. The van der Waals surface area contributed by atoms with Crippen molar-refractivity contribution >= 4 is 34.8 Å². The molecule has 1 aromatic carbocycles. The fourth-order valence-electron chi connectivity index (χ4n) is 5.15. The number of nitrogens with zero attached hydrogens (tertiary/aromatic N) is 8. The van der Waals surface area contributed by atoms with Crippen molar-refractivity contribution in [3.8, 4) is 28.2 Å².